The van der Waals surface area contributed by atoms with Crippen molar-refractivity contribution in [3.05, 3.63) is 87.4 Å². The topological polar surface area (TPSA) is 33.2 Å². The molecule has 0 saturated carbocycles. The van der Waals surface area contributed by atoms with Crippen LogP contribution in [0.15, 0.2) is 61.3 Å². The average molecular weight is 409 g/mol. The predicted molar refractivity (Wildman–Crippen MR) is 116 cm³/mol. The molecular formula is C23H21ClN2OS. The molecule has 3 heterocycles. The number of carbonyl (C=O) groups excluding carboxylic acids is 1. The maximum atomic E-state index is 12.4. The number of aryl methyl sites for hydroxylation is 1. The van der Waals surface area contributed by atoms with Crippen LogP contribution in [0.25, 0.3) is 11.1 Å². The smallest absolute Gasteiger partial charge is 0.246 e. The molecule has 1 amide bonds. The summed E-state index contributed by atoms with van der Waals surface area (Å²) in [5, 5.41) is 0. The van der Waals surface area contributed by atoms with Crippen molar-refractivity contribution in [1.82, 2.24) is 9.88 Å². The molecule has 0 N–H and O–H groups in total. The minimum absolute atomic E-state index is 0.0479. The number of pyridine rings is 1. The summed E-state index contributed by atoms with van der Waals surface area (Å²) >= 11 is 7.91. The summed E-state index contributed by atoms with van der Waals surface area (Å²) in [4.78, 5) is 20.0. The van der Waals surface area contributed by atoms with Crippen LogP contribution in [0.3, 0.4) is 0 Å². The van der Waals surface area contributed by atoms with Crippen LogP contribution >= 0.6 is 22.9 Å². The lowest BCUT2D eigenvalue weighted by atomic mass is 9.83. The van der Waals surface area contributed by atoms with Gasteiger partial charge < -0.3 is 4.90 Å². The number of thiophene rings is 1. The van der Waals surface area contributed by atoms with Gasteiger partial charge in [-0.15, -0.1) is 11.3 Å². The summed E-state index contributed by atoms with van der Waals surface area (Å²) in [7, 11) is 0. The minimum Gasteiger partial charge on any atom is -0.333 e. The Hall–Kier alpha value is -2.43. The van der Waals surface area contributed by atoms with Crippen LogP contribution in [-0.2, 0) is 17.8 Å². The van der Waals surface area contributed by atoms with Gasteiger partial charge in [0.25, 0.3) is 0 Å². The summed E-state index contributed by atoms with van der Waals surface area (Å²) in [6.07, 6.45) is 4.10. The van der Waals surface area contributed by atoms with Crippen molar-refractivity contribution in [2.24, 2.45) is 0 Å². The van der Waals surface area contributed by atoms with Gasteiger partial charge in [-0.05, 0) is 41.3 Å². The summed E-state index contributed by atoms with van der Waals surface area (Å²) in [5.41, 5.74) is 5.81. The number of amides is 1. The number of carbonyl (C=O) groups is 1. The molecule has 0 fully saturated rings. The van der Waals surface area contributed by atoms with Gasteiger partial charge in [0.2, 0.25) is 5.91 Å². The van der Waals surface area contributed by atoms with Gasteiger partial charge in [-0.2, -0.15) is 0 Å². The van der Waals surface area contributed by atoms with Gasteiger partial charge in [-0.25, -0.2) is 0 Å². The van der Waals surface area contributed by atoms with E-state index in [0.29, 0.717) is 13.1 Å². The number of benzene rings is 1. The molecule has 142 valence electrons. The van der Waals surface area contributed by atoms with Gasteiger partial charge in [-0.3, -0.25) is 9.78 Å². The van der Waals surface area contributed by atoms with Crippen molar-refractivity contribution in [3.63, 3.8) is 0 Å². The van der Waals surface area contributed by atoms with E-state index in [0.717, 1.165) is 26.9 Å². The zero-order valence-corrected chi connectivity index (χ0v) is 17.3. The number of aromatic nitrogens is 1. The fourth-order valence-corrected chi connectivity index (χ4v) is 5.32. The molecule has 28 heavy (non-hydrogen) atoms. The number of halogens is 1. The third kappa shape index (κ3) is 3.38. The Bertz CT molecular complexity index is 1040. The first kappa shape index (κ1) is 18.9. The van der Waals surface area contributed by atoms with E-state index in [1.807, 2.05) is 17.2 Å². The number of hydrogen-bond acceptors (Lipinski definition) is 3. The van der Waals surface area contributed by atoms with E-state index in [1.54, 1.807) is 11.3 Å². The molecule has 0 bridgehead atoms. The van der Waals surface area contributed by atoms with Crippen LogP contribution in [-0.4, -0.2) is 22.3 Å². The van der Waals surface area contributed by atoms with Crippen molar-refractivity contribution < 1.29 is 4.79 Å². The number of rotatable bonds is 4. The average Bonchev–Trinajstić information content (AvgIpc) is 3.12. The first-order valence-electron chi connectivity index (χ1n) is 9.35. The second-order valence-electron chi connectivity index (χ2n) is 6.84. The normalized spacial score (nSPS) is 15.9. The number of nitrogens with zero attached hydrogens (tertiary/aromatic N) is 2. The summed E-state index contributed by atoms with van der Waals surface area (Å²) in [5.74, 6) is 0.0193. The number of hydrogen-bond donors (Lipinski definition) is 0. The SMILES string of the molecule is C=CC(=O)N1Cc2sc(Cl)cc2[C@H](c2ccccc2-c2cccnc2CC)C1. The highest BCUT2D eigenvalue weighted by molar-refractivity contribution is 7.16. The molecule has 2 aromatic heterocycles. The predicted octanol–water partition coefficient (Wildman–Crippen LogP) is 5.69. The molecule has 1 aliphatic heterocycles. The van der Waals surface area contributed by atoms with E-state index in [1.165, 1.54) is 22.8 Å². The van der Waals surface area contributed by atoms with Crippen LogP contribution in [0.2, 0.25) is 4.34 Å². The highest BCUT2D eigenvalue weighted by atomic mass is 35.5. The third-order valence-corrected chi connectivity index (χ3v) is 6.53. The van der Waals surface area contributed by atoms with Gasteiger partial charge in [-0.1, -0.05) is 55.4 Å². The third-order valence-electron chi connectivity index (χ3n) is 5.26. The van der Waals surface area contributed by atoms with Crippen LogP contribution in [0, 0.1) is 0 Å². The van der Waals surface area contributed by atoms with Gasteiger partial charge >= 0.3 is 0 Å². The lowest BCUT2D eigenvalue weighted by molar-refractivity contribution is -0.127. The molecule has 3 aromatic rings. The van der Waals surface area contributed by atoms with E-state index in [-0.39, 0.29) is 11.8 Å². The first-order valence-corrected chi connectivity index (χ1v) is 10.5. The molecular weight excluding hydrogens is 388 g/mol. The molecule has 0 spiro atoms. The Labute approximate surface area is 174 Å². The fourth-order valence-electron chi connectivity index (χ4n) is 3.96. The maximum absolute atomic E-state index is 12.4. The fraction of sp³-hybridized carbons (Fsp3) is 0.217. The van der Waals surface area contributed by atoms with E-state index < -0.39 is 0 Å². The van der Waals surface area contributed by atoms with Crippen molar-refractivity contribution >= 4 is 28.8 Å². The minimum atomic E-state index is -0.0479. The van der Waals surface area contributed by atoms with Crippen LogP contribution in [0.5, 0.6) is 0 Å². The summed E-state index contributed by atoms with van der Waals surface area (Å²) in [6, 6.07) is 14.6. The zero-order chi connectivity index (χ0) is 19.7. The lowest BCUT2D eigenvalue weighted by Crippen LogP contribution is -2.37. The van der Waals surface area contributed by atoms with Gasteiger partial charge in [0, 0.05) is 34.8 Å². The molecule has 0 saturated heterocycles. The highest BCUT2D eigenvalue weighted by Gasteiger charge is 2.31. The summed E-state index contributed by atoms with van der Waals surface area (Å²) < 4.78 is 0.760. The molecule has 1 aromatic carbocycles. The monoisotopic (exact) mass is 408 g/mol. The van der Waals surface area contributed by atoms with Gasteiger partial charge in [0.1, 0.15) is 0 Å². The number of fused-ring (bicyclic) bond motifs is 1. The standard InChI is InChI=1S/C23H21ClN2OS/c1-3-20-17(10-7-11-25-20)15-8-5-6-9-16(15)19-13-26(23(27)4-2)14-21-18(19)12-22(24)28-21/h4-12,19H,2-3,13-14H2,1H3/t19-/m0/s1. The largest absolute Gasteiger partial charge is 0.333 e. The van der Waals surface area contributed by atoms with Crippen LogP contribution in [0.4, 0.5) is 0 Å². The molecule has 3 nitrogen and oxygen atoms in total. The van der Waals surface area contributed by atoms with E-state index in [9.17, 15) is 4.79 Å². The molecule has 0 radical (unpaired) electrons. The van der Waals surface area contributed by atoms with Crippen molar-refractivity contribution in [2.75, 3.05) is 6.54 Å². The van der Waals surface area contributed by atoms with Crippen molar-refractivity contribution in [2.45, 2.75) is 25.8 Å². The lowest BCUT2D eigenvalue weighted by Gasteiger charge is -2.33. The molecule has 0 unspecified atom stereocenters. The second kappa shape index (κ2) is 7.90. The van der Waals surface area contributed by atoms with E-state index in [4.69, 9.17) is 11.6 Å². The van der Waals surface area contributed by atoms with E-state index in [2.05, 4.69) is 54.9 Å². The van der Waals surface area contributed by atoms with Crippen molar-refractivity contribution in [3.8, 4) is 11.1 Å². The van der Waals surface area contributed by atoms with Crippen molar-refractivity contribution in [1.29, 1.82) is 0 Å². The second-order valence-corrected chi connectivity index (χ2v) is 8.61. The Morgan fingerprint density at radius 2 is 2.07 bits per heavy atom. The Kier molecular flexibility index (Phi) is 5.33. The molecule has 1 aliphatic rings. The quantitative estimate of drug-likeness (QED) is 0.520. The highest BCUT2D eigenvalue weighted by Crippen LogP contribution is 2.43. The maximum Gasteiger partial charge on any atom is 0.246 e. The Morgan fingerprint density at radius 3 is 2.86 bits per heavy atom. The molecule has 0 aliphatic carbocycles. The molecule has 5 heteroatoms. The molecule has 4 rings (SSSR count). The van der Waals surface area contributed by atoms with E-state index >= 15 is 0 Å². The Balaban J connectivity index is 1.87. The van der Waals surface area contributed by atoms with Crippen LogP contribution in [0.1, 0.15) is 34.5 Å². The zero-order valence-electron chi connectivity index (χ0n) is 15.7. The van der Waals surface area contributed by atoms with Gasteiger partial charge in [0.15, 0.2) is 0 Å². The van der Waals surface area contributed by atoms with Gasteiger partial charge in [0.05, 0.1) is 10.9 Å². The first-order chi connectivity index (χ1) is 13.6. The Morgan fingerprint density at radius 1 is 1.29 bits per heavy atom. The molecule has 1 atom stereocenters. The summed E-state index contributed by atoms with van der Waals surface area (Å²) in [6.45, 7) is 6.98. The van der Waals surface area contributed by atoms with Crippen LogP contribution < -0.4 is 0 Å².